The second-order valence-electron chi connectivity index (χ2n) is 2.89. The van der Waals surface area contributed by atoms with Gasteiger partial charge in [-0.1, -0.05) is 0 Å². The van der Waals surface area contributed by atoms with Gasteiger partial charge in [-0.05, 0) is 6.07 Å². The van der Waals surface area contributed by atoms with Crippen LogP contribution in [0.25, 0.3) is 11.3 Å². The van der Waals surface area contributed by atoms with Gasteiger partial charge < -0.3 is 15.3 Å². The Balaban J connectivity index is 2.23. The van der Waals surface area contributed by atoms with Crippen molar-refractivity contribution in [2.45, 2.75) is 6.54 Å². The summed E-state index contributed by atoms with van der Waals surface area (Å²) in [7, 11) is 0. The van der Waals surface area contributed by atoms with Crippen LogP contribution in [0.3, 0.4) is 0 Å². The lowest BCUT2D eigenvalue weighted by Crippen LogP contribution is -2.07. The number of nitrogens with one attached hydrogen (secondary N) is 1. The van der Waals surface area contributed by atoms with E-state index in [0.29, 0.717) is 6.54 Å². The van der Waals surface area contributed by atoms with Crippen LogP contribution in [0.4, 0.5) is 0 Å². The topological polar surface area (TPSA) is 59.6 Å². The predicted octanol–water partition coefficient (Wildman–Crippen LogP) is 0.837. The molecule has 2 aromatic rings. The highest BCUT2D eigenvalue weighted by molar-refractivity contribution is 5.56. The molecule has 0 bridgehead atoms. The molecule has 0 spiro atoms. The molecule has 0 aromatic carbocycles. The summed E-state index contributed by atoms with van der Waals surface area (Å²) < 4.78 is 1.99. The number of H-pyrrole nitrogens is 1. The van der Waals surface area contributed by atoms with Crippen molar-refractivity contribution in [2.24, 2.45) is 5.73 Å². The molecule has 0 fully saturated rings. The molecule has 0 amide bonds. The van der Waals surface area contributed by atoms with E-state index in [1.165, 1.54) is 0 Å². The summed E-state index contributed by atoms with van der Waals surface area (Å²) in [6, 6.07) is 2.00. The number of aromatic amines is 1. The molecule has 13 heavy (non-hydrogen) atoms. The first kappa shape index (κ1) is 8.07. The molecule has 0 aliphatic carbocycles. The first-order chi connectivity index (χ1) is 6.40. The Kier molecular flexibility index (Phi) is 2.14. The molecule has 0 unspecified atom stereocenters. The Morgan fingerprint density at radius 2 is 2.46 bits per heavy atom. The normalized spacial score (nSPS) is 10.5. The van der Waals surface area contributed by atoms with Crippen molar-refractivity contribution in [1.29, 1.82) is 0 Å². The van der Waals surface area contributed by atoms with Gasteiger partial charge in [0.1, 0.15) is 0 Å². The molecule has 68 valence electrons. The Labute approximate surface area is 76.4 Å². The van der Waals surface area contributed by atoms with Gasteiger partial charge in [0.25, 0.3) is 0 Å². The third kappa shape index (κ3) is 1.62. The van der Waals surface area contributed by atoms with Crippen LogP contribution in [0.1, 0.15) is 0 Å². The molecule has 2 heterocycles. The van der Waals surface area contributed by atoms with Gasteiger partial charge in [-0.2, -0.15) is 0 Å². The highest BCUT2D eigenvalue weighted by Gasteiger charge is 2.00. The smallest absolute Gasteiger partial charge is 0.0954 e. The third-order valence-corrected chi connectivity index (χ3v) is 1.91. The maximum atomic E-state index is 5.43. The molecule has 2 rings (SSSR count). The van der Waals surface area contributed by atoms with Gasteiger partial charge in [-0.15, -0.1) is 0 Å². The first-order valence-electron chi connectivity index (χ1n) is 4.25. The Hall–Kier alpha value is -1.55. The lowest BCUT2D eigenvalue weighted by atomic mass is 10.3. The van der Waals surface area contributed by atoms with Gasteiger partial charge in [0.2, 0.25) is 0 Å². The molecule has 0 aliphatic heterocycles. The van der Waals surface area contributed by atoms with Crippen LogP contribution in [0.15, 0.2) is 31.0 Å². The number of aromatic nitrogens is 3. The first-order valence-corrected chi connectivity index (χ1v) is 4.25. The van der Waals surface area contributed by atoms with Gasteiger partial charge >= 0.3 is 0 Å². The number of imidazole rings is 1. The van der Waals surface area contributed by atoms with Gasteiger partial charge in [0.05, 0.1) is 12.0 Å². The van der Waals surface area contributed by atoms with E-state index in [-0.39, 0.29) is 0 Å². The molecule has 0 saturated heterocycles. The number of hydrogen-bond donors (Lipinski definition) is 2. The van der Waals surface area contributed by atoms with Gasteiger partial charge in [0.15, 0.2) is 0 Å². The lowest BCUT2D eigenvalue weighted by Gasteiger charge is -1.94. The predicted molar refractivity (Wildman–Crippen MR) is 51.1 cm³/mol. The number of rotatable bonds is 3. The van der Waals surface area contributed by atoms with E-state index in [2.05, 4.69) is 9.97 Å². The van der Waals surface area contributed by atoms with E-state index in [1.807, 2.05) is 29.2 Å². The average molecular weight is 176 g/mol. The third-order valence-electron chi connectivity index (χ3n) is 1.91. The maximum Gasteiger partial charge on any atom is 0.0954 e. The molecular weight excluding hydrogens is 164 g/mol. The summed E-state index contributed by atoms with van der Waals surface area (Å²) in [6.45, 7) is 1.46. The summed E-state index contributed by atoms with van der Waals surface area (Å²) in [5.41, 5.74) is 7.52. The second-order valence-corrected chi connectivity index (χ2v) is 2.89. The molecule has 4 heteroatoms. The second kappa shape index (κ2) is 3.45. The van der Waals surface area contributed by atoms with E-state index in [9.17, 15) is 0 Å². The molecule has 0 saturated carbocycles. The van der Waals surface area contributed by atoms with E-state index >= 15 is 0 Å². The SMILES string of the molecule is NCCn1cnc(-c2cc[nH]c2)c1. The average Bonchev–Trinajstić information content (AvgIpc) is 2.70. The molecule has 4 nitrogen and oxygen atoms in total. The van der Waals surface area contributed by atoms with Crippen LogP contribution >= 0.6 is 0 Å². The summed E-state index contributed by atoms with van der Waals surface area (Å²) in [5.74, 6) is 0. The fourth-order valence-electron chi connectivity index (χ4n) is 1.26. The van der Waals surface area contributed by atoms with Crippen LogP contribution in [-0.4, -0.2) is 21.1 Å². The molecule has 0 aliphatic rings. The number of nitrogens with zero attached hydrogens (tertiary/aromatic N) is 2. The number of hydrogen-bond acceptors (Lipinski definition) is 2. The molecule has 0 radical (unpaired) electrons. The quantitative estimate of drug-likeness (QED) is 0.728. The van der Waals surface area contributed by atoms with Crippen molar-refractivity contribution < 1.29 is 0 Å². The molecule has 2 aromatic heterocycles. The van der Waals surface area contributed by atoms with Crippen molar-refractivity contribution >= 4 is 0 Å². The minimum atomic E-state index is 0.642. The Bertz CT molecular complexity index is 361. The van der Waals surface area contributed by atoms with Crippen molar-refractivity contribution in [3.8, 4) is 11.3 Å². The molecular formula is C9H12N4. The monoisotopic (exact) mass is 176 g/mol. The van der Waals surface area contributed by atoms with Crippen LogP contribution in [-0.2, 0) is 6.54 Å². The largest absolute Gasteiger partial charge is 0.367 e. The van der Waals surface area contributed by atoms with E-state index in [1.54, 1.807) is 6.33 Å². The number of nitrogens with two attached hydrogens (primary N) is 1. The van der Waals surface area contributed by atoms with E-state index < -0.39 is 0 Å². The van der Waals surface area contributed by atoms with E-state index in [0.717, 1.165) is 17.8 Å². The molecule has 3 N–H and O–H groups in total. The maximum absolute atomic E-state index is 5.43. The van der Waals surface area contributed by atoms with Crippen LogP contribution in [0.5, 0.6) is 0 Å². The zero-order chi connectivity index (χ0) is 9.10. The van der Waals surface area contributed by atoms with Crippen LogP contribution in [0, 0.1) is 0 Å². The minimum Gasteiger partial charge on any atom is -0.367 e. The van der Waals surface area contributed by atoms with E-state index in [4.69, 9.17) is 5.73 Å². The molecule has 0 atom stereocenters. The zero-order valence-corrected chi connectivity index (χ0v) is 7.27. The summed E-state index contributed by atoms with van der Waals surface area (Å²) in [6.07, 6.45) is 7.61. The summed E-state index contributed by atoms with van der Waals surface area (Å²) in [4.78, 5) is 7.26. The van der Waals surface area contributed by atoms with Gasteiger partial charge in [-0.3, -0.25) is 0 Å². The van der Waals surface area contributed by atoms with Crippen molar-refractivity contribution in [3.05, 3.63) is 31.0 Å². The summed E-state index contributed by atoms with van der Waals surface area (Å²) in [5, 5.41) is 0. The van der Waals surface area contributed by atoms with Crippen molar-refractivity contribution in [3.63, 3.8) is 0 Å². The minimum absolute atomic E-state index is 0.642. The van der Waals surface area contributed by atoms with Crippen molar-refractivity contribution in [1.82, 2.24) is 14.5 Å². The lowest BCUT2D eigenvalue weighted by molar-refractivity contribution is 0.708. The Morgan fingerprint density at radius 1 is 1.54 bits per heavy atom. The van der Waals surface area contributed by atoms with Crippen LogP contribution < -0.4 is 5.73 Å². The van der Waals surface area contributed by atoms with Gasteiger partial charge in [-0.25, -0.2) is 4.98 Å². The highest BCUT2D eigenvalue weighted by atomic mass is 15.0. The summed E-state index contributed by atoms with van der Waals surface area (Å²) >= 11 is 0. The standard InChI is InChI=1S/C9H12N4/c10-2-4-13-6-9(12-7-13)8-1-3-11-5-8/h1,3,5-7,11H,2,4,10H2. The fourth-order valence-corrected chi connectivity index (χ4v) is 1.26. The Morgan fingerprint density at radius 3 is 3.15 bits per heavy atom. The zero-order valence-electron chi connectivity index (χ0n) is 7.27. The van der Waals surface area contributed by atoms with Crippen LogP contribution in [0.2, 0.25) is 0 Å². The highest BCUT2D eigenvalue weighted by Crippen LogP contribution is 2.14. The van der Waals surface area contributed by atoms with Gasteiger partial charge in [0, 0.05) is 37.2 Å². The fraction of sp³-hybridized carbons (Fsp3) is 0.222. The van der Waals surface area contributed by atoms with Crippen molar-refractivity contribution in [2.75, 3.05) is 6.54 Å².